The van der Waals surface area contributed by atoms with Crippen LogP contribution in [-0.2, 0) is 4.79 Å². The molecule has 1 amide bonds. The van der Waals surface area contributed by atoms with Crippen LogP contribution in [0, 0.1) is 5.82 Å². The number of nitrogens with one attached hydrogen (secondary N) is 2. The summed E-state index contributed by atoms with van der Waals surface area (Å²) in [4.78, 5) is 11.9. The van der Waals surface area contributed by atoms with Gasteiger partial charge in [-0.05, 0) is 36.8 Å². The topological polar surface area (TPSA) is 50.4 Å². The maximum Gasteiger partial charge on any atom is 0.243 e. The molecule has 0 aliphatic rings. The fourth-order valence-electron chi connectivity index (χ4n) is 1.88. The third kappa shape index (κ3) is 5.45. The smallest absolute Gasteiger partial charge is 0.243 e. The van der Waals surface area contributed by atoms with E-state index in [0.717, 1.165) is 17.9 Å². The van der Waals surface area contributed by atoms with Crippen LogP contribution in [0.15, 0.2) is 42.5 Å². The van der Waals surface area contributed by atoms with Crippen LogP contribution in [0.25, 0.3) is 0 Å². The molecule has 0 spiro atoms. The Bertz CT molecular complexity index is 679. The quantitative estimate of drug-likeness (QED) is 0.791. The molecule has 4 nitrogen and oxygen atoms in total. The van der Waals surface area contributed by atoms with Crippen molar-refractivity contribution in [2.75, 3.05) is 23.8 Å². The Kier molecular flexibility index (Phi) is 6.23. The Morgan fingerprint density at radius 1 is 1.22 bits per heavy atom. The molecular formula is C17H18ClFN2O2. The highest BCUT2D eigenvalue weighted by atomic mass is 35.5. The summed E-state index contributed by atoms with van der Waals surface area (Å²) >= 11 is 5.67. The standard InChI is InChI=1S/C17H18ClFN2O2/c1-2-8-23-14-5-3-4-12(9-14)20-11-17(22)21-13-6-7-16(19)15(18)10-13/h3-7,9-10,20H,2,8,11H2,1H3,(H,21,22). The number of amides is 1. The molecule has 6 heteroatoms. The molecule has 0 atom stereocenters. The van der Waals surface area contributed by atoms with Gasteiger partial charge in [0, 0.05) is 17.4 Å². The van der Waals surface area contributed by atoms with E-state index in [1.54, 1.807) is 0 Å². The van der Waals surface area contributed by atoms with E-state index in [2.05, 4.69) is 10.6 Å². The first-order valence-corrected chi connectivity index (χ1v) is 7.68. The minimum absolute atomic E-state index is 0.0310. The van der Waals surface area contributed by atoms with Gasteiger partial charge in [-0.25, -0.2) is 4.39 Å². The summed E-state index contributed by atoms with van der Waals surface area (Å²) in [7, 11) is 0. The highest BCUT2D eigenvalue weighted by Gasteiger charge is 2.05. The lowest BCUT2D eigenvalue weighted by molar-refractivity contribution is -0.114. The molecule has 2 aromatic carbocycles. The van der Waals surface area contributed by atoms with Gasteiger partial charge in [0.05, 0.1) is 18.2 Å². The van der Waals surface area contributed by atoms with Gasteiger partial charge in [0.1, 0.15) is 11.6 Å². The van der Waals surface area contributed by atoms with Crippen LogP contribution in [0.2, 0.25) is 5.02 Å². The molecule has 0 heterocycles. The minimum atomic E-state index is -0.522. The fourth-order valence-corrected chi connectivity index (χ4v) is 2.06. The second-order valence-electron chi connectivity index (χ2n) is 4.91. The molecule has 0 bridgehead atoms. The van der Waals surface area contributed by atoms with Gasteiger partial charge >= 0.3 is 0 Å². The van der Waals surface area contributed by atoms with Crippen molar-refractivity contribution in [3.05, 3.63) is 53.3 Å². The third-order valence-electron chi connectivity index (χ3n) is 2.96. The first kappa shape index (κ1) is 17.1. The second kappa shape index (κ2) is 8.39. The van der Waals surface area contributed by atoms with Crippen LogP contribution in [0.4, 0.5) is 15.8 Å². The van der Waals surface area contributed by atoms with Crippen LogP contribution in [0.5, 0.6) is 5.75 Å². The molecule has 2 N–H and O–H groups in total. The summed E-state index contributed by atoms with van der Waals surface area (Å²) in [5, 5.41) is 5.62. The Balaban J connectivity index is 1.87. The van der Waals surface area contributed by atoms with Crippen molar-refractivity contribution in [2.24, 2.45) is 0 Å². The van der Waals surface area contributed by atoms with Crippen molar-refractivity contribution >= 4 is 28.9 Å². The molecule has 0 unspecified atom stereocenters. The number of halogens is 2. The molecule has 0 saturated carbocycles. The molecule has 23 heavy (non-hydrogen) atoms. The van der Waals surface area contributed by atoms with E-state index < -0.39 is 5.82 Å². The van der Waals surface area contributed by atoms with Crippen molar-refractivity contribution < 1.29 is 13.9 Å². The molecule has 0 saturated heterocycles. The first-order chi connectivity index (χ1) is 11.1. The number of benzene rings is 2. The molecule has 2 aromatic rings. The van der Waals surface area contributed by atoms with Crippen LogP contribution >= 0.6 is 11.6 Å². The number of hydrogen-bond donors (Lipinski definition) is 2. The van der Waals surface area contributed by atoms with Crippen molar-refractivity contribution in [1.29, 1.82) is 0 Å². The summed E-state index contributed by atoms with van der Waals surface area (Å²) in [6.07, 6.45) is 0.931. The molecule has 2 rings (SSSR count). The Labute approximate surface area is 139 Å². The van der Waals surface area contributed by atoms with E-state index in [4.69, 9.17) is 16.3 Å². The summed E-state index contributed by atoms with van der Waals surface area (Å²) < 4.78 is 18.6. The number of carbonyl (C=O) groups is 1. The van der Waals surface area contributed by atoms with Gasteiger partial charge in [-0.3, -0.25) is 4.79 Å². The SMILES string of the molecule is CCCOc1cccc(NCC(=O)Nc2ccc(F)c(Cl)c2)c1. The van der Waals surface area contributed by atoms with Gasteiger partial charge in [-0.15, -0.1) is 0 Å². The predicted octanol–water partition coefficient (Wildman–Crippen LogP) is 4.32. The summed E-state index contributed by atoms with van der Waals surface area (Å²) in [5.41, 5.74) is 1.23. The molecule has 0 aliphatic carbocycles. The van der Waals surface area contributed by atoms with Crippen LogP contribution in [0.3, 0.4) is 0 Å². The monoisotopic (exact) mass is 336 g/mol. The van der Waals surface area contributed by atoms with E-state index in [1.807, 2.05) is 31.2 Å². The number of ether oxygens (including phenoxy) is 1. The van der Waals surface area contributed by atoms with Crippen molar-refractivity contribution in [2.45, 2.75) is 13.3 Å². The lowest BCUT2D eigenvalue weighted by atomic mass is 10.3. The van der Waals surface area contributed by atoms with E-state index in [-0.39, 0.29) is 17.5 Å². The minimum Gasteiger partial charge on any atom is -0.494 e. The summed E-state index contributed by atoms with van der Waals surface area (Å²) in [6, 6.07) is 11.4. The number of hydrogen-bond acceptors (Lipinski definition) is 3. The molecule has 0 aromatic heterocycles. The predicted molar refractivity (Wildman–Crippen MR) is 90.8 cm³/mol. The number of carbonyl (C=O) groups excluding carboxylic acids is 1. The molecule has 0 fully saturated rings. The first-order valence-electron chi connectivity index (χ1n) is 7.30. The van der Waals surface area contributed by atoms with E-state index in [0.29, 0.717) is 12.3 Å². The largest absolute Gasteiger partial charge is 0.494 e. The van der Waals surface area contributed by atoms with E-state index >= 15 is 0 Å². The zero-order chi connectivity index (χ0) is 16.7. The van der Waals surface area contributed by atoms with Gasteiger partial charge in [0.2, 0.25) is 5.91 Å². The number of anilines is 2. The average molecular weight is 337 g/mol. The lowest BCUT2D eigenvalue weighted by Crippen LogP contribution is -2.21. The van der Waals surface area contributed by atoms with Crippen LogP contribution < -0.4 is 15.4 Å². The summed E-state index contributed by atoms with van der Waals surface area (Å²) in [6.45, 7) is 2.76. The second-order valence-corrected chi connectivity index (χ2v) is 5.31. The third-order valence-corrected chi connectivity index (χ3v) is 3.25. The highest BCUT2D eigenvalue weighted by Crippen LogP contribution is 2.20. The van der Waals surface area contributed by atoms with Gasteiger partial charge in [-0.1, -0.05) is 24.6 Å². The Hall–Kier alpha value is -2.27. The van der Waals surface area contributed by atoms with Crippen molar-refractivity contribution in [3.63, 3.8) is 0 Å². The Morgan fingerprint density at radius 2 is 2.04 bits per heavy atom. The van der Waals surface area contributed by atoms with Crippen LogP contribution in [0.1, 0.15) is 13.3 Å². The molecule has 122 valence electrons. The Morgan fingerprint density at radius 3 is 2.78 bits per heavy atom. The molecular weight excluding hydrogens is 319 g/mol. The molecule has 0 radical (unpaired) electrons. The highest BCUT2D eigenvalue weighted by molar-refractivity contribution is 6.31. The van der Waals surface area contributed by atoms with E-state index in [9.17, 15) is 9.18 Å². The normalized spacial score (nSPS) is 10.2. The molecule has 0 aliphatic heterocycles. The number of rotatable bonds is 7. The lowest BCUT2D eigenvalue weighted by Gasteiger charge is -2.10. The maximum atomic E-state index is 13.1. The van der Waals surface area contributed by atoms with E-state index in [1.165, 1.54) is 18.2 Å². The van der Waals surface area contributed by atoms with Gasteiger partial charge in [0.15, 0.2) is 0 Å². The summed E-state index contributed by atoms with van der Waals surface area (Å²) in [5.74, 6) is -0.0261. The zero-order valence-corrected chi connectivity index (χ0v) is 13.5. The average Bonchev–Trinajstić information content (AvgIpc) is 2.55. The van der Waals surface area contributed by atoms with Crippen LogP contribution in [-0.4, -0.2) is 19.1 Å². The van der Waals surface area contributed by atoms with Gasteiger partial charge in [-0.2, -0.15) is 0 Å². The van der Waals surface area contributed by atoms with Crippen molar-refractivity contribution in [1.82, 2.24) is 0 Å². The fraction of sp³-hybridized carbons (Fsp3) is 0.235. The maximum absolute atomic E-state index is 13.1. The van der Waals surface area contributed by atoms with Crippen molar-refractivity contribution in [3.8, 4) is 5.75 Å². The zero-order valence-electron chi connectivity index (χ0n) is 12.7. The van der Waals surface area contributed by atoms with Gasteiger partial charge in [0.25, 0.3) is 0 Å². The van der Waals surface area contributed by atoms with Gasteiger partial charge < -0.3 is 15.4 Å².